The molecule has 1 rings (SSSR count). The molecule has 74 valence electrons. The Bertz CT molecular complexity index is 250. The monoisotopic (exact) mass is 203 g/mol. The van der Waals surface area contributed by atoms with Gasteiger partial charge in [-0.05, 0) is 30.3 Å². The van der Waals surface area contributed by atoms with Crippen LogP contribution in [-0.2, 0) is 6.54 Å². The summed E-state index contributed by atoms with van der Waals surface area (Å²) >= 11 is 5.63. The van der Waals surface area contributed by atoms with Gasteiger partial charge in [-0.1, -0.05) is 6.92 Å². The van der Waals surface area contributed by atoms with E-state index in [0.717, 1.165) is 12.3 Å². The van der Waals surface area contributed by atoms with E-state index in [1.165, 1.54) is 0 Å². The van der Waals surface area contributed by atoms with E-state index >= 15 is 0 Å². The van der Waals surface area contributed by atoms with Gasteiger partial charge >= 0.3 is 0 Å². The highest BCUT2D eigenvalue weighted by Crippen LogP contribution is 2.14. The van der Waals surface area contributed by atoms with Gasteiger partial charge in [0.1, 0.15) is 5.76 Å². The molecule has 0 aliphatic rings. The third-order valence-corrected chi connectivity index (χ3v) is 2.07. The van der Waals surface area contributed by atoms with Crippen LogP contribution in [0.1, 0.15) is 12.7 Å². The van der Waals surface area contributed by atoms with Crippen LogP contribution in [0.25, 0.3) is 0 Å². The van der Waals surface area contributed by atoms with Crippen LogP contribution in [0.3, 0.4) is 0 Å². The van der Waals surface area contributed by atoms with E-state index in [0.29, 0.717) is 18.3 Å². The molecule has 1 aromatic rings. The van der Waals surface area contributed by atoms with Crippen LogP contribution in [0.2, 0.25) is 5.22 Å². The minimum atomic E-state index is 0.169. The minimum Gasteiger partial charge on any atom is -0.448 e. The zero-order valence-corrected chi connectivity index (χ0v) is 8.42. The number of hydrogen-bond donors (Lipinski definition) is 1. The Morgan fingerprint density at radius 2 is 2.31 bits per heavy atom. The minimum absolute atomic E-state index is 0.169. The Balaban J connectivity index is 2.46. The molecule has 0 aliphatic carbocycles. The predicted molar refractivity (Wildman–Crippen MR) is 51.8 cm³/mol. The van der Waals surface area contributed by atoms with E-state index in [1.807, 2.05) is 13.0 Å². The van der Waals surface area contributed by atoms with Crippen LogP contribution in [0.15, 0.2) is 16.5 Å². The fraction of sp³-hybridized carbons (Fsp3) is 0.556. The number of hydrogen-bond acceptors (Lipinski definition) is 3. The van der Waals surface area contributed by atoms with Crippen molar-refractivity contribution >= 4 is 11.6 Å². The predicted octanol–water partition coefficient (Wildman–Crippen LogP) is 1.75. The molecule has 3 nitrogen and oxygen atoms in total. The smallest absolute Gasteiger partial charge is 0.193 e. The number of nitrogens with zero attached hydrogens (tertiary/aromatic N) is 1. The Morgan fingerprint density at radius 1 is 1.54 bits per heavy atom. The summed E-state index contributed by atoms with van der Waals surface area (Å²) in [6, 6.07) is 3.58. The molecule has 0 aliphatic heterocycles. The van der Waals surface area contributed by atoms with Crippen molar-refractivity contribution in [2.75, 3.05) is 19.7 Å². The molecule has 0 aromatic carbocycles. The highest BCUT2D eigenvalue weighted by Gasteiger charge is 2.05. The maximum Gasteiger partial charge on any atom is 0.193 e. The van der Waals surface area contributed by atoms with Crippen LogP contribution >= 0.6 is 11.6 Å². The molecule has 0 spiro atoms. The van der Waals surface area contributed by atoms with Gasteiger partial charge in [-0.25, -0.2) is 0 Å². The summed E-state index contributed by atoms with van der Waals surface area (Å²) in [6.07, 6.45) is 0. The molecule has 1 aromatic heterocycles. The summed E-state index contributed by atoms with van der Waals surface area (Å²) in [5, 5.41) is 9.16. The summed E-state index contributed by atoms with van der Waals surface area (Å²) in [7, 11) is 0. The van der Waals surface area contributed by atoms with Gasteiger partial charge in [0.25, 0.3) is 0 Å². The molecule has 0 atom stereocenters. The van der Waals surface area contributed by atoms with Gasteiger partial charge in [0.05, 0.1) is 13.2 Å². The number of aliphatic hydroxyl groups excluding tert-OH is 1. The lowest BCUT2D eigenvalue weighted by atomic mass is 10.4. The molecule has 1 heterocycles. The van der Waals surface area contributed by atoms with Gasteiger partial charge in [-0.15, -0.1) is 0 Å². The van der Waals surface area contributed by atoms with Crippen molar-refractivity contribution in [1.29, 1.82) is 0 Å². The van der Waals surface area contributed by atoms with Gasteiger partial charge in [0.2, 0.25) is 0 Å². The number of rotatable bonds is 5. The first-order chi connectivity index (χ1) is 6.26. The standard InChI is InChI=1S/C9H14ClNO2/c1-2-11(5-6-12)7-8-3-4-9(10)13-8/h3-4,12H,2,5-7H2,1H3. The van der Waals surface area contributed by atoms with Gasteiger partial charge in [-0.2, -0.15) is 0 Å². The normalized spacial score (nSPS) is 11.1. The number of furan rings is 1. The van der Waals surface area contributed by atoms with Crippen molar-refractivity contribution in [3.63, 3.8) is 0 Å². The SMILES string of the molecule is CCN(CCO)Cc1ccc(Cl)o1. The van der Waals surface area contributed by atoms with Crippen LogP contribution in [0.4, 0.5) is 0 Å². The van der Waals surface area contributed by atoms with E-state index in [2.05, 4.69) is 4.90 Å². The molecular weight excluding hydrogens is 190 g/mol. The van der Waals surface area contributed by atoms with Gasteiger partial charge in [0, 0.05) is 6.54 Å². The second-order valence-corrected chi connectivity index (χ2v) is 3.17. The zero-order chi connectivity index (χ0) is 9.68. The molecule has 0 radical (unpaired) electrons. The van der Waals surface area contributed by atoms with E-state index in [1.54, 1.807) is 6.07 Å². The molecular formula is C9H14ClNO2. The topological polar surface area (TPSA) is 36.6 Å². The number of likely N-dealkylation sites (N-methyl/N-ethyl adjacent to an activating group) is 1. The molecule has 0 saturated carbocycles. The van der Waals surface area contributed by atoms with Crippen LogP contribution < -0.4 is 0 Å². The Morgan fingerprint density at radius 3 is 2.77 bits per heavy atom. The lowest BCUT2D eigenvalue weighted by Crippen LogP contribution is -2.25. The Hall–Kier alpha value is -0.510. The molecule has 1 N–H and O–H groups in total. The molecule has 0 fully saturated rings. The fourth-order valence-corrected chi connectivity index (χ4v) is 1.31. The third kappa shape index (κ3) is 3.38. The molecule has 13 heavy (non-hydrogen) atoms. The van der Waals surface area contributed by atoms with Crippen LogP contribution in [0, 0.1) is 0 Å². The largest absolute Gasteiger partial charge is 0.448 e. The molecule has 0 unspecified atom stereocenters. The van der Waals surface area contributed by atoms with Crippen molar-refractivity contribution in [2.45, 2.75) is 13.5 Å². The highest BCUT2D eigenvalue weighted by molar-refractivity contribution is 6.28. The number of halogens is 1. The van der Waals surface area contributed by atoms with E-state index in [-0.39, 0.29) is 6.61 Å². The van der Waals surface area contributed by atoms with E-state index in [9.17, 15) is 0 Å². The lowest BCUT2D eigenvalue weighted by molar-refractivity contribution is 0.187. The average molecular weight is 204 g/mol. The molecule has 0 amide bonds. The average Bonchev–Trinajstić information content (AvgIpc) is 2.50. The van der Waals surface area contributed by atoms with E-state index < -0.39 is 0 Å². The molecule has 0 saturated heterocycles. The summed E-state index contributed by atoms with van der Waals surface area (Å²) in [6.45, 7) is 4.46. The van der Waals surface area contributed by atoms with Crippen molar-refractivity contribution in [1.82, 2.24) is 4.90 Å². The lowest BCUT2D eigenvalue weighted by Gasteiger charge is -2.16. The summed E-state index contributed by atoms with van der Waals surface area (Å²) in [4.78, 5) is 2.08. The Labute approximate surface area is 82.9 Å². The molecule has 0 bridgehead atoms. The van der Waals surface area contributed by atoms with Crippen molar-refractivity contribution in [3.8, 4) is 0 Å². The fourth-order valence-electron chi connectivity index (χ4n) is 1.15. The molecule has 4 heteroatoms. The third-order valence-electron chi connectivity index (χ3n) is 1.87. The van der Waals surface area contributed by atoms with Crippen LogP contribution in [0.5, 0.6) is 0 Å². The summed E-state index contributed by atoms with van der Waals surface area (Å²) < 4.78 is 5.20. The zero-order valence-electron chi connectivity index (χ0n) is 7.66. The van der Waals surface area contributed by atoms with Crippen molar-refractivity contribution in [2.24, 2.45) is 0 Å². The van der Waals surface area contributed by atoms with E-state index in [4.69, 9.17) is 21.1 Å². The quantitative estimate of drug-likeness (QED) is 0.792. The first-order valence-corrected chi connectivity index (χ1v) is 4.71. The second kappa shape index (κ2) is 5.27. The van der Waals surface area contributed by atoms with Crippen LogP contribution in [-0.4, -0.2) is 29.7 Å². The Kier molecular flexibility index (Phi) is 4.28. The van der Waals surface area contributed by atoms with Crippen molar-refractivity contribution in [3.05, 3.63) is 23.1 Å². The van der Waals surface area contributed by atoms with Gasteiger partial charge in [0.15, 0.2) is 5.22 Å². The maximum absolute atomic E-state index is 8.75. The first kappa shape index (κ1) is 10.6. The van der Waals surface area contributed by atoms with Gasteiger partial charge < -0.3 is 9.52 Å². The summed E-state index contributed by atoms with van der Waals surface area (Å²) in [5.74, 6) is 0.834. The maximum atomic E-state index is 8.75. The van der Waals surface area contributed by atoms with Crippen molar-refractivity contribution < 1.29 is 9.52 Å². The number of aliphatic hydroxyl groups is 1. The summed E-state index contributed by atoms with van der Waals surface area (Å²) in [5.41, 5.74) is 0. The first-order valence-electron chi connectivity index (χ1n) is 4.33. The van der Waals surface area contributed by atoms with Gasteiger partial charge in [-0.3, -0.25) is 4.90 Å². The second-order valence-electron chi connectivity index (χ2n) is 2.80. The highest BCUT2D eigenvalue weighted by atomic mass is 35.5.